The van der Waals surface area contributed by atoms with Gasteiger partial charge in [0.15, 0.2) is 0 Å². The molecule has 0 spiro atoms. The molecular weight excluding hydrogens is 174 g/mol. The van der Waals surface area contributed by atoms with E-state index in [2.05, 4.69) is 0 Å². The quantitative estimate of drug-likeness (QED) is 0.611. The SMILES string of the molecule is NC1(O)Cc2cccc3cccc1c23. The van der Waals surface area contributed by atoms with Crippen molar-refractivity contribution in [1.82, 2.24) is 0 Å². The Balaban J connectivity index is 2.50. The smallest absolute Gasteiger partial charge is 0.144 e. The Hall–Kier alpha value is -1.38. The molecule has 0 fully saturated rings. The van der Waals surface area contributed by atoms with E-state index in [0.717, 1.165) is 21.9 Å². The van der Waals surface area contributed by atoms with Gasteiger partial charge in [-0.1, -0.05) is 36.4 Å². The molecule has 14 heavy (non-hydrogen) atoms. The predicted octanol–water partition coefficient (Wildman–Crippen LogP) is 1.50. The van der Waals surface area contributed by atoms with Gasteiger partial charge in [0.2, 0.25) is 0 Å². The van der Waals surface area contributed by atoms with Crippen LogP contribution < -0.4 is 5.73 Å². The van der Waals surface area contributed by atoms with Crippen LogP contribution >= 0.6 is 0 Å². The minimum absolute atomic E-state index is 0.518. The maximum Gasteiger partial charge on any atom is 0.144 e. The molecular formula is C12H11NO. The van der Waals surface area contributed by atoms with Crippen molar-refractivity contribution in [2.24, 2.45) is 5.73 Å². The first kappa shape index (κ1) is 7.97. The van der Waals surface area contributed by atoms with Crippen LogP contribution in [0.2, 0.25) is 0 Å². The molecule has 0 aromatic heterocycles. The molecule has 1 atom stereocenters. The number of rotatable bonds is 0. The van der Waals surface area contributed by atoms with E-state index in [1.807, 2.05) is 36.4 Å². The summed E-state index contributed by atoms with van der Waals surface area (Å²) < 4.78 is 0. The standard InChI is InChI=1S/C12H11NO/c13-12(14)7-9-5-1-3-8-4-2-6-10(12)11(8)9/h1-6,14H,7,13H2. The van der Waals surface area contributed by atoms with E-state index < -0.39 is 5.72 Å². The number of hydrogen-bond donors (Lipinski definition) is 2. The topological polar surface area (TPSA) is 46.2 Å². The molecule has 0 aliphatic heterocycles. The largest absolute Gasteiger partial charge is 0.371 e. The second kappa shape index (κ2) is 2.35. The van der Waals surface area contributed by atoms with Gasteiger partial charge in [0.05, 0.1) is 0 Å². The minimum Gasteiger partial charge on any atom is -0.371 e. The zero-order chi connectivity index (χ0) is 9.76. The molecule has 0 heterocycles. The maximum absolute atomic E-state index is 10.0. The highest BCUT2D eigenvalue weighted by molar-refractivity contribution is 5.91. The van der Waals surface area contributed by atoms with Crippen molar-refractivity contribution in [3.8, 4) is 0 Å². The number of nitrogens with two attached hydrogens (primary N) is 1. The van der Waals surface area contributed by atoms with Crippen molar-refractivity contribution in [2.75, 3.05) is 0 Å². The molecule has 1 unspecified atom stereocenters. The molecule has 2 aromatic rings. The predicted molar refractivity (Wildman–Crippen MR) is 55.7 cm³/mol. The van der Waals surface area contributed by atoms with Crippen molar-refractivity contribution in [2.45, 2.75) is 12.1 Å². The van der Waals surface area contributed by atoms with Gasteiger partial charge >= 0.3 is 0 Å². The number of benzene rings is 2. The lowest BCUT2D eigenvalue weighted by atomic mass is 10.0. The molecule has 2 heteroatoms. The molecule has 0 amide bonds. The van der Waals surface area contributed by atoms with E-state index >= 15 is 0 Å². The first-order valence-electron chi connectivity index (χ1n) is 4.71. The lowest BCUT2D eigenvalue weighted by molar-refractivity contribution is 0.0508. The highest BCUT2D eigenvalue weighted by atomic mass is 16.3. The summed E-state index contributed by atoms with van der Waals surface area (Å²) in [6.45, 7) is 0. The number of hydrogen-bond acceptors (Lipinski definition) is 2. The Kier molecular flexibility index (Phi) is 1.34. The van der Waals surface area contributed by atoms with Crippen LogP contribution in [0.25, 0.3) is 10.8 Å². The van der Waals surface area contributed by atoms with Crippen LogP contribution in [-0.4, -0.2) is 5.11 Å². The Labute approximate surface area is 82.0 Å². The second-order valence-corrected chi connectivity index (χ2v) is 3.92. The van der Waals surface area contributed by atoms with Crippen molar-refractivity contribution < 1.29 is 5.11 Å². The average molecular weight is 185 g/mol. The summed E-state index contributed by atoms with van der Waals surface area (Å²) in [6.07, 6.45) is 0.518. The molecule has 0 radical (unpaired) electrons. The van der Waals surface area contributed by atoms with Crippen LogP contribution in [0, 0.1) is 0 Å². The zero-order valence-corrected chi connectivity index (χ0v) is 7.70. The maximum atomic E-state index is 10.0. The van der Waals surface area contributed by atoms with Crippen LogP contribution in [-0.2, 0) is 12.1 Å². The summed E-state index contributed by atoms with van der Waals surface area (Å²) in [5.41, 5.74) is 6.66. The van der Waals surface area contributed by atoms with Gasteiger partial charge in [-0.05, 0) is 16.3 Å². The van der Waals surface area contributed by atoms with Crippen LogP contribution in [0.1, 0.15) is 11.1 Å². The Morgan fingerprint density at radius 2 is 1.86 bits per heavy atom. The lowest BCUT2D eigenvalue weighted by Crippen LogP contribution is -2.35. The molecule has 0 saturated carbocycles. The fraction of sp³-hybridized carbons (Fsp3) is 0.167. The Bertz CT molecular complexity index is 511. The van der Waals surface area contributed by atoms with Gasteiger partial charge in [-0.25, -0.2) is 0 Å². The van der Waals surface area contributed by atoms with E-state index in [-0.39, 0.29) is 0 Å². The van der Waals surface area contributed by atoms with E-state index in [1.54, 1.807) is 0 Å². The van der Waals surface area contributed by atoms with Crippen LogP contribution in [0.4, 0.5) is 0 Å². The summed E-state index contributed by atoms with van der Waals surface area (Å²) in [7, 11) is 0. The fourth-order valence-electron chi connectivity index (χ4n) is 2.31. The highest BCUT2D eigenvalue weighted by Gasteiger charge is 2.33. The highest BCUT2D eigenvalue weighted by Crippen LogP contribution is 2.37. The van der Waals surface area contributed by atoms with Crippen molar-refractivity contribution in [3.05, 3.63) is 47.5 Å². The summed E-state index contributed by atoms with van der Waals surface area (Å²) >= 11 is 0. The van der Waals surface area contributed by atoms with Crippen LogP contribution in [0.5, 0.6) is 0 Å². The summed E-state index contributed by atoms with van der Waals surface area (Å²) in [5.74, 6) is 0. The molecule has 0 bridgehead atoms. The number of aliphatic hydroxyl groups is 1. The van der Waals surface area contributed by atoms with E-state index in [1.165, 1.54) is 0 Å². The molecule has 3 N–H and O–H groups in total. The van der Waals surface area contributed by atoms with Gasteiger partial charge in [0.25, 0.3) is 0 Å². The first-order chi connectivity index (χ1) is 6.68. The summed E-state index contributed by atoms with van der Waals surface area (Å²) in [5, 5.41) is 12.3. The normalized spacial score (nSPS) is 24.4. The molecule has 2 aromatic carbocycles. The first-order valence-corrected chi connectivity index (χ1v) is 4.71. The molecule has 2 nitrogen and oxygen atoms in total. The minimum atomic E-state index is -1.18. The van der Waals surface area contributed by atoms with Crippen LogP contribution in [0.3, 0.4) is 0 Å². The van der Waals surface area contributed by atoms with Crippen LogP contribution in [0.15, 0.2) is 36.4 Å². The molecule has 1 aliphatic rings. The van der Waals surface area contributed by atoms with Crippen molar-refractivity contribution in [1.29, 1.82) is 0 Å². The van der Waals surface area contributed by atoms with Gasteiger partial charge in [0, 0.05) is 12.0 Å². The van der Waals surface area contributed by atoms with Crippen molar-refractivity contribution >= 4 is 10.8 Å². The van der Waals surface area contributed by atoms with Gasteiger partial charge in [0.1, 0.15) is 5.72 Å². The Morgan fingerprint density at radius 1 is 1.14 bits per heavy atom. The zero-order valence-electron chi connectivity index (χ0n) is 7.70. The van der Waals surface area contributed by atoms with E-state index in [4.69, 9.17) is 5.73 Å². The Morgan fingerprint density at radius 3 is 2.64 bits per heavy atom. The second-order valence-electron chi connectivity index (χ2n) is 3.92. The lowest BCUT2D eigenvalue weighted by Gasteiger charge is -2.17. The third-order valence-corrected chi connectivity index (χ3v) is 2.92. The summed E-state index contributed by atoms with van der Waals surface area (Å²) in [4.78, 5) is 0. The average Bonchev–Trinajstić information content (AvgIpc) is 2.41. The van der Waals surface area contributed by atoms with Gasteiger partial charge < -0.3 is 5.11 Å². The van der Waals surface area contributed by atoms with E-state index in [9.17, 15) is 5.11 Å². The van der Waals surface area contributed by atoms with E-state index in [0.29, 0.717) is 6.42 Å². The third-order valence-electron chi connectivity index (χ3n) is 2.92. The van der Waals surface area contributed by atoms with Gasteiger partial charge in [-0.15, -0.1) is 0 Å². The van der Waals surface area contributed by atoms with Gasteiger partial charge in [-0.2, -0.15) is 0 Å². The van der Waals surface area contributed by atoms with Crippen molar-refractivity contribution in [3.63, 3.8) is 0 Å². The third kappa shape index (κ3) is 0.870. The molecule has 3 rings (SSSR count). The molecule has 1 aliphatic carbocycles. The van der Waals surface area contributed by atoms with Gasteiger partial charge in [-0.3, -0.25) is 5.73 Å². The molecule has 70 valence electrons. The monoisotopic (exact) mass is 185 g/mol. The fourth-order valence-corrected chi connectivity index (χ4v) is 2.31. The summed E-state index contributed by atoms with van der Waals surface area (Å²) in [6, 6.07) is 12.0. The molecule has 0 saturated heterocycles.